The van der Waals surface area contributed by atoms with Crippen molar-refractivity contribution < 1.29 is 4.74 Å². The van der Waals surface area contributed by atoms with Gasteiger partial charge in [-0.25, -0.2) is 0 Å². The summed E-state index contributed by atoms with van der Waals surface area (Å²) < 4.78 is 5.41. The van der Waals surface area contributed by atoms with Gasteiger partial charge in [-0.05, 0) is 17.5 Å². The third-order valence-corrected chi connectivity index (χ3v) is 3.95. The summed E-state index contributed by atoms with van der Waals surface area (Å²) in [4.78, 5) is 2.45. The Balaban J connectivity index is 1.58. The number of fused-ring (bicyclic) bond motifs is 1. The molecule has 0 saturated carbocycles. The summed E-state index contributed by atoms with van der Waals surface area (Å²) in [6, 6.07) is 8.94. The molecular formula is C14H20N2O. The first kappa shape index (κ1) is 11.2. The lowest BCUT2D eigenvalue weighted by Gasteiger charge is -2.23. The molecule has 1 aromatic rings. The van der Waals surface area contributed by atoms with Crippen molar-refractivity contribution in [2.45, 2.75) is 25.6 Å². The van der Waals surface area contributed by atoms with Crippen LogP contribution in [0.3, 0.4) is 0 Å². The number of nitrogens with two attached hydrogens (primary N) is 1. The normalized spacial score (nSPS) is 26.1. The molecule has 2 aliphatic rings. The molecule has 1 saturated heterocycles. The van der Waals surface area contributed by atoms with E-state index in [-0.39, 0.29) is 6.04 Å². The lowest BCUT2D eigenvalue weighted by Crippen LogP contribution is -2.40. The maximum atomic E-state index is 6.27. The van der Waals surface area contributed by atoms with Gasteiger partial charge in [-0.3, -0.25) is 4.90 Å². The molecule has 0 aromatic heterocycles. The summed E-state index contributed by atoms with van der Waals surface area (Å²) >= 11 is 0. The van der Waals surface area contributed by atoms with E-state index in [1.165, 1.54) is 11.1 Å². The number of ether oxygens (including phenoxy) is 1. The molecular weight excluding hydrogens is 212 g/mol. The molecule has 3 rings (SSSR count). The largest absolute Gasteiger partial charge is 0.381 e. The predicted molar refractivity (Wildman–Crippen MR) is 67.5 cm³/mol. The topological polar surface area (TPSA) is 38.5 Å². The maximum Gasteiger partial charge on any atom is 0.0510 e. The highest BCUT2D eigenvalue weighted by Gasteiger charge is 2.26. The Hall–Kier alpha value is -0.900. The second-order valence-electron chi connectivity index (χ2n) is 5.23. The summed E-state index contributed by atoms with van der Waals surface area (Å²) in [5.74, 6) is 0.554. The molecule has 0 radical (unpaired) electrons. The fourth-order valence-electron chi connectivity index (χ4n) is 2.87. The molecule has 0 amide bonds. The van der Waals surface area contributed by atoms with Gasteiger partial charge in [-0.2, -0.15) is 0 Å². The Morgan fingerprint density at radius 3 is 2.59 bits per heavy atom. The van der Waals surface area contributed by atoms with Crippen molar-refractivity contribution in [3.63, 3.8) is 0 Å². The number of hydrogen-bond donors (Lipinski definition) is 1. The van der Waals surface area contributed by atoms with Crippen LogP contribution in [-0.2, 0) is 17.8 Å². The average molecular weight is 232 g/mol. The van der Waals surface area contributed by atoms with Crippen molar-refractivity contribution in [2.75, 3.05) is 19.8 Å². The van der Waals surface area contributed by atoms with E-state index < -0.39 is 0 Å². The molecule has 0 bridgehead atoms. The first-order valence-corrected chi connectivity index (χ1v) is 6.45. The smallest absolute Gasteiger partial charge is 0.0510 e. The Morgan fingerprint density at radius 2 is 2.00 bits per heavy atom. The zero-order valence-electron chi connectivity index (χ0n) is 10.1. The summed E-state index contributed by atoms with van der Waals surface area (Å²) in [5.41, 5.74) is 9.19. The number of nitrogens with zero attached hydrogens (tertiary/aromatic N) is 1. The van der Waals surface area contributed by atoms with E-state index in [9.17, 15) is 0 Å². The summed E-state index contributed by atoms with van der Waals surface area (Å²) in [6.45, 7) is 4.83. The third kappa shape index (κ3) is 2.37. The second-order valence-corrected chi connectivity index (χ2v) is 5.23. The van der Waals surface area contributed by atoms with Crippen LogP contribution in [0.5, 0.6) is 0 Å². The quantitative estimate of drug-likeness (QED) is 0.855. The first-order chi connectivity index (χ1) is 8.33. The molecule has 92 valence electrons. The molecule has 0 spiro atoms. The predicted octanol–water partition coefficient (Wildman–Crippen LogP) is 1.37. The van der Waals surface area contributed by atoms with Crippen LogP contribution >= 0.6 is 0 Å². The van der Waals surface area contributed by atoms with Gasteiger partial charge in [0, 0.05) is 38.2 Å². The minimum Gasteiger partial charge on any atom is -0.381 e. The highest BCUT2D eigenvalue weighted by Crippen LogP contribution is 2.24. The molecule has 17 heavy (non-hydrogen) atoms. The van der Waals surface area contributed by atoms with Crippen LogP contribution in [-0.4, -0.2) is 30.7 Å². The fourth-order valence-corrected chi connectivity index (χ4v) is 2.87. The minimum absolute atomic E-state index is 0.256. The molecule has 1 fully saturated rings. The minimum atomic E-state index is 0.256. The van der Waals surface area contributed by atoms with E-state index in [0.29, 0.717) is 5.92 Å². The van der Waals surface area contributed by atoms with E-state index in [0.717, 1.165) is 39.3 Å². The molecule has 2 atom stereocenters. The third-order valence-electron chi connectivity index (χ3n) is 3.95. The lowest BCUT2D eigenvalue weighted by atomic mass is 9.99. The molecule has 0 aliphatic carbocycles. The van der Waals surface area contributed by atoms with Gasteiger partial charge in [0.1, 0.15) is 0 Å². The lowest BCUT2D eigenvalue weighted by molar-refractivity contribution is 0.170. The molecule has 2 aliphatic heterocycles. The van der Waals surface area contributed by atoms with Crippen molar-refractivity contribution >= 4 is 0 Å². The van der Waals surface area contributed by atoms with Crippen LogP contribution < -0.4 is 5.73 Å². The Kier molecular flexibility index (Phi) is 3.14. The van der Waals surface area contributed by atoms with Gasteiger partial charge in [0.15, 0.2) is 0 Å². The van der Waals surface area contributed by atoms with E-state index in [4.69, 9.17) is 10.5 Å². The maximum absolute atomic E-state index is 6.27. The second kappa shape index (κ2) is 4.77. The highest BCUT2D eigenvalue weighted by molar-refractivity contribution is 5.30. The van der Waals surface area contributed by atoms with Crippen molar-refractivity contribution in [1.82, 2.24) is 4.90 Å². The SMILES string of the molecule is NC(CN1Cc2ccccc2C1)C1CCOC1. The van der Waals surface area contributed by atoms with Gasteiger partial charge in [0.2, 0.25) is 0 Å². The molecule has 2 unspecified atom stereocenters. The summed E-state index contributed by atoms with van der Waals surface area (Å²) in [6.07, 6.45) is 1.13. The van der Waals surface area contributed by atoms with Gasteiger partial charge in [-0.1, -0.05) is 24.3 Å². The Labute approximate surface area is 103 Å². The van der Waals surface area contributed by atoms with E-state index in [1.807, 2.05) is 0 Å². The van der Waals surface area contributed by atoms with Gasteiger partial charge in [0.25, 0.3) is 0 Å². The Morgan fingerprint density at radius 1 is 1.29 bits per heavy atom. The van der Waals surface area contributed by atoms with Crippen LogP contribution in [0.1, 0.15) is 17.5 Å². The number of rotatable bonds is 3. The zero-order chi connectivity index (χ0) is 11.7. The first-order valence-electron chi connectivity index (χ1n) is 6.45. The summed E-state index contributed by atoms with van der Waals surface area (Å²) in [7, 11) is 0. The fraction of sp³-hybridized carbons (Fsp3) is 0.571. The highest BCUT2D eigenvalue weighted by atomic mass is 16.5. The van der Waals surface area contributed by atoms with Gasteiger partial charge in [0.05, 0.1) is 6.61 Å². The van der Waals surface area contributed by atoms with Crippen LogP contribution in [0, 0.1) is 5.92 Å². The molecule has 1 aromatic carbocycles. The van der Waals surface area contributed by atoms with Crippen molar-refractivity contribution in [1.29, 1.82) is 0 Å². The van der Waals surface area contributed by atoms with Crippen molar-refractivity contribution in [3.8, 4) is 0 Å². The van der Waals surface area contributed by atoms with Gasteiger partial charge in [-0.15, -0.1) is 0 Å². The van der Waals surface area contributed by atoms with Crippen LogP contribution in [0.2, 0.25) is 0 Å². The molecule has 2 N–H and O–H groups in total. The van der Waals surface area contributed by atoms with Crippen LogP contribution in [0.25, 0.3) is 0 Å². The average Bonchev–Trinajstić information content (AvgIpc) is 2.97. The van der Waals surface area contributed by atoms with Crippen LogP contribution in [0.15, 0.2) is 24.3 Å². The monoisotopic (exact) mass is 232 g/mol. The molecule has 2 heterocycles. The van der Waals surface area contributed by atoms with Crippen molar-refractivity contribution in [3.05, 3.63) is 35.4 Å². The van der Waals surface area contributed by atoms with E-state index in [1.54, 1.807) is 0 Å². The zero-order valence-corrected chi connectivity index (χ0v) is 10.1. The standard InChI is InChI=1S/C14H20N2O/c15-14(13-5-6-17-10-13)9-16-7-11-3-1-2-4-12(11)8-16/h1-4,13-14H,5-10,15H2. The molecule has 3 nitrogen and oxygen atoms in total. The number of hydrogen-bond acceptors (Lipinski definition) is 3. The Bertz CT molecular complexity index is 363. The number of benzene rings is 1. The van der Waals surface area contributed by atoms with Crippen LogP contribution in [0.4, 0.5) is 0 Å². The van der Waals surface area contributed by atoms with E-state index >= 15 is 0 Å². The van der Waals surface area contributed by atoms with E-state index in [2.05, 4.69) is 29.2 Å². The van der Waals surface area contributed by atoms with Gasteiger partial charge >= 0.3 is 0 Å². The summed E-state index contributed by atoms with van der Waals surface area (Å²) in [5, 5.41) is 0. The van der Waals surface area contributed by atoms with Gasteiger partial charge < -0.3 is 10.5 Å². The molecule has 3 heteroatoms. The van der Waals surface area contributed by atoms with Crippen molar-refractivity contribution in [2.24, 2.45) is 11.7 Å².